The molecule has 1 saturated carbocycles. The van der Waals surface area contributed by atoms with Gasteiger partial charge in [-0.25, -0.2) is 9.97 Å². The minimum absolute atomic E-state index is 0.0123. The first-order valence-corrected chi connectivity index (χ1v) is 25.5. The van der Waals surface area contributed by atoms with Crippen molar-refractivity contribution in [3.63, 3.8) is 0 Å². The van der Waals surface area contributed by atoms with Gasteiger partial charge in [0.05, 0.1) is 44.4 Å². The molecule has 15 nitrogen and oxygen atoms in total. The normalized spacial score (nSPS) is 21.7. The lowest BCUT2D eigenvalue weighted by Gasteiger charge is -2.63. The van der Waals surface area contributed by atoms with Crippen molar-refractivity contribution >= 4 is 52.4 Å². The van der Waals surface area contributed by atoms with Crippen molar-refractivity contribution in [2.45, 2.75) is 124 Å². The molecule has 3 fully saturated rings. The third kappa shape index (κ3) is 11.6. The Morgan fingerprint density at radius 2 is 1.67 bits per heavy atom. The predicted octanol–water partition coefficient (Wildman–Crippen LogP) is 7.31. The molecule has 7 rings (SSSR count). The number of amides is 4. The van der Waals surface area contributed by atoms with Crippen molar-refractivity contribution in [3.8, 4) is 22.3 Å². The summed E-state index contributed by atoms with van der Waals surface area (Å²) >= 11 is 7.84. The second-order valence-electron chi connectivity index (χ2n) is 21.4. The lowest BCUT2D eigenvalue weighted by Crippen LogP contribution is -2.74. The van der Waals surface area contributed by atoms with Gasteiger partial charge in [0.1, 0.15) is 35.8 Å². The summed E-state index contributed by atoms with van der Waals surface area (Å²) in [6.07, 6.45) is 2.39. The Morgan fingerprint density at radius 1 is 0.971 bits per heavy atom. The lowest BCUT2D eigenvalue weighted by molar-refractivity contribution is -0.164. The van der Waals surface area contributed by atoms with E-state index in [0.717, 1.165) is 66.7 Å². The zero-order valence-corrected chi connectivity index (χ0v) is 43.4. The first kappa shape index (κ1) is 52.2. The Labute approximate surface area is 421 Å². The molecular weight excluding hydrogens is 926 g/mol. The van der Waals surface area contributed by atoms with E-state index in [4.69, 9.17) is 16.3 Å². The van der Waals surface area contributed by atoms with Gasteiger partial charge in [0, 0.05) is 74.7 Å². The van der Waals surface area contributed by atoms with E-state index >= 15 is 0 Å². The summed E-state index contributed by atoms with van der Waals surface area (Å²) in [7, 11) is 0. The highest BCUT2D eigenvalue weighted by atomic mass is 35.5. The second kappa shape index (κ2) is 21.4. The smallest absolute Gasteiger partial charge is 0.253 e. The topological polar surface area (TPSA) is 193 Å². The van der Waals surface area contributed by atoms with E-state index < -0.39 is 34.4 Å². The van der Waals surface area contributed by atoms with Crippen LogP contribution in [0.15, 0.2) is 66.3 Å². The van der Waals surface area contributed by atoms with Gasteiger partial charge >= 0.3 is 0 Å². The van der Waals surface area contributed by atoms with E-state index in [0.29, 0.717) is 28.3 Å². The Balaban J connectivity index is 0.831. The highest BCUT2D eigenvalue weighted by Gasteiger charge is 2.64. The number of carbonyl (C=O) groups is 4. The third-order valence-electron chi connectivity index (χ3n) is 14.3. The van der Waals surface area contributed by atoms with E-state index in [1.54, 1.807) is 35.7 Å². The number of benzene rings is 2. The first-order chi connectivity index (χ1) is 33.1. The van der Waals surface area contributed by atoms with Crippen LogP contribution in [0.2, 0.25) is 5.02 Å². The summed E-state index contributed by atoms with van der Waals surface area (Å²) < 4.78 is 6.38. The summed E-state index contributed by atoms with van der Waals surface area (Å²) in [5, 5.41) is 29.5. The number of nitrogens with one attached hydrogen (secondary N) is 3. The number of aromatic nitrogens is 2. The van der Waals surface area contributed by atoms with Crippen LogP contribution in [-0.4, -0.2) is 118 Å². The fourth-order valence-corrected chi connectivity index (χ4v) is 11.6. The molecule has 4 aromatic rings. The van der Waals surface area contributed by atoms with Crippen molar-refractivity contribution in [3.05, 3.63) is 93.7 Å². The fraction of sp³-hybridized carbons (Fsp3) is 0.528. The molecule has 1 aliphatic carbocycles. The number of thiazole rings is 1. The number of likely N-dealkylation sites (tertiary alicyclic amines) is 1. The molecule has 4 atom stereocenters. The number of ether oxygens (including phenoxy) is 1. The zero-order chi connectivity index (χ0) is 50.7. The molecule has 70 heavy (non-hydrogen) atoms. The maximum atomic E-state index is 14.2. The Morgan fingerprint density at radius 3 is 2.27 bits per heavy atom. The minimum Gasteiger partial charge on any atom is -0.489 e. The van der Waals surface area contributed by atoms with Crippen LogP contribution in [0.1, 0.15) is 114 Å². The number of aliphatic hydroxyl groups excluding tert-OH is 1. The number of nitrogens with zero attached hydrogens (tertiary/aromatic N) is 6. The summed E-state index contributed by atoms with van der Waals surface area (Å²) in [5.74, 6) is 0.238. The van der Waals surface area contributed by atoms with Crippen LogP contribution in [0.5, 0.6) is 5.75 Å². The number of hydrogen-bond acceptors (Lipinski definition) is 12. The number of aryl methyl sites for hydroxylation is 1. The molecule has 0 radical (unpaired) electrons. The number of anilines is 1. The molecular formula is C53H68ClN9O6S. The number of aliphatic hydroxyl groups is 1. The van der Waals surface area contributed by atoms with Gasteiger partial charge in [0.2, 0.25) is 17.7 Å². The van der Waals surface area contributed by atoms with E-state index in [1.165, 1.54) is 4.90 Å². The molecule has 374 valence electrons. The number of pyridine rings is 1. The van der Waals surface area contributed by atoms with Crippen LogP contribution in [0, 0.1) is 34.5 Å². The number of unbranched alkanes of at least 4 members (excludes halogenated alkanes) is 1. The standard InChI is InChI=1S/C53H68ClN9O6S/c1-32(34-13-15-35(16-14-34)44-33(2)57-31-70-44)58-47(67)41-26-38(64)30-63(41)48(68)45(51(3,4)5)59-43(65)12-10-11-21-61-22-24-62(25-23-61)42-20-18-37(29-56-42)46(66)60-49-52(6,7)50(53(49,8)9)69-39-19-17-36(28-55)40(54)27-39/h13-20,27,29,31-32,38,41,45,49-50,64H,10-12,21-26,30H2,1-9H3,(H,58,67)(H,59,65)(H,60,66)/t32-,38+,41-,45+,49?,50?/m0/s1. The number of carbonyl (C=O) groups excluding carboxylic acids is 4. The van der Waals surface area contributed by atoms with Crippen molar-refractivity contribution in [1.82, 2.24) is 35.7 Å². The summed E-state index contributed by atoms with van der Waals surface area (Å²) in [4.78, 5) is 70.9. The molecule has 4 amide bonds. The molecule has 0 unspecified atom stereocenters. The van der Waals surface area contributed by atoms with E-state index in [-0.39, 0.29) is 61.2 Å². The number of β-amino-alcohol motifs (C(OH)–C–C–N with tert-alkyl or cyclic N) is 1. The number of rotatable bonds is 16. The minimum atomic E-state index is -0.886. The molecule has 4 N–H and O–H groups in total. The van der Waals surface area contributed by atoms with Crippen LogP contribution >= 0.6 is 22.9 Å². The molecule has 17 heteroatoms. The largest absolute Gasteiger partial charge is 0.489 e. The Kier molecular flexibility index (Phi) is 16.0. The highest BCUT2D eigenvalue weighted by Crippen LogP contribution is 2.55. The maximum Gasteiger partial charge on any atom is 0.253 e. The SMILES string of the molecule is Cc1ncsc1-c1ccc([C@H](C)NC(=O)[C@@H]2C[C@@H](O)CN2C(=O)[C@@H](NC(=O)CCCCN2CCN(c3ccc(C(=O)NC4C(C)(C)C(Oc5ccc(C#N)c(Cl)c5)C4(C)C)cn3)CC2)C(C)(C)C)cc1. The van der Waals surface area contributed by atoms with E-state index in [1.807, 2.05) is 76.5 Å². The molecule has 2 aromatic heterocycles. The number of nitriles is 1. The quantitative estimate of drug-likeness (QED) is 0.0823. The van der Waals surface area contributed by atoms with Crippen LogP contribution in [0.3, 0.4) is 0 Å². The summed E-state index contributed by atoms with van der Waals surface area (Å²) in [6.45, 7) is 21.9. The van der Waals surface area contributed by atoms with Crippen LogP contribution < -0.4 is 25.6 Å². The molecule has 2 aliphatic heterocycles. The van der Waals surface area contributed by atoms with Crippen LogP contribution in [0.4, 0.5) is 5.82 Å². The predicted molar refractivity (Wildman–Crippen MR) is 272 cm³/mol. The van der Waals surface area contributed by atoms with Crippen molar-refractivity contribution in [2.75, 3.05) is 44.2 Å². The maximum absolute atomic E-state index is 14.2. The summed E-state index contributed by atoms with van der Waals surface area (Å²) in [6, 6.07) is 16.5. The number of piperazine rings is 1. The first-order valence-electron chi connectivity index (χ1n) is 24.3. The average molecular weight is 995 g/mol. The molecule has 3 aliphatic rings. The second-order valence-corrected chi connectivity index (χ2v) is 22.6. The molecule has 0 bridgehead atoms. The van der Waals surface area contributed by atoms with Crippen molar-refractivity contribution in [2.24, 2.45) is 16.2 Å². The average Bonchev–Trinajstić information content (AvgIpc) is 3.95. The fourth-order valence-electron chi connectivity index (χ4n) is 10.6. The van der Waals surface area contributed by atoms with Gasteiger partial charge < -0.3 is 35.6 Å². The lowest BCUT2D eigenvalue weighted by atomic mass is 9.49. The van der Waals surface area contributed by atoms with Gasteiger partial charge in [0.25, 0.3) is 5.91 Å². The van der Waals surface area contributed by atoms with E-state index in [2.05, 4.69) is 69.5 Å². The third-order valence-corrected chi connectivity index (χ3v) is 15.6. The van der Waals surface area contributed by atoms with Gasteiger partial charge in [-0.1, -0.05) is 84.3 Å². The highest BCUT2D eigenvalue weighted by molar-refractivity contribution is 7.13. The van der Waals surface area contributed by atoms with Gasteiger partial charge in [-0.05, 0) is 74.0 Å². The summed E-state index contributed by atoms with van der Waals surface area (Å²) in [5.41, 5.74) is 4.19. The van der Waals surface area contributed by atoms with Gasteiger partial charge in [-0.2, -0.15) is 5.26 Å². The van der Waals surface area contributed by atoms with Crippen LogP contribution in [0.25, 0.3) is 10.4 Å². The van der Waals surface area contributed by atoms with Gasteiger partial charge in [0.15, 0.2) is 0 Å². The van der Waals surface area contributed by atoms with Crippen molar-refractivity contribution < 1.29 is 29.0 Å². The molecule has 4 heterocycles. The van der Waals surface area contributed by atoms with Crippen molar-refractivity contribution in [1.29, 1.82) is 5.26 Å². The Hall–Kier alpha value is -5.60. The zero-order valence-electron chi connectivity index (χ0n) is 41.8. The van der Waals surface area contributed by atoms with E-state index in [9.17, 15) is 29.5 Å². The molecule has 2 saturated heterocycles. The molecule has 2 aromatic carbocycles. The monoisotopic (exact) mass is 993 g/mol. The number of hydrogen-bond donors (Lipinski definition) is 4. The Bertz CT molecular complexity index is 2550. The number of halogens is 1. The van der Waals surface area contributed by atoms with Gasteiger partial charge in [-0.3, -0.25) is 24.1 Å². The van der Waals surface area contributed by atoms with Gasteiger partial charge in [-0.15, -0.1) is 11.3 Å². The van der Waals surface area contributed by atoms with Crippen LogP contribution in [-0.2, 0) is 14.4 Å². The molecule has 0 spiro atoms.